The van der Waals surface area contributed by atoms with Crippen molar-refractivity contribution >= 4 is 11.8 Å². The Morgan fingerprint density at radius 2 is 2.31 bits per heavy atom. The van der Waals surface area contributed by atoms with E-state index < -0.39 is 17.9 Å². The van der Waals surface area contributed by atoms with Gasteiger partial charge in [0, 0.05) is 6.42 Å². The molecule has 0 amide bonds. The minimum Gasteiger partial charge on any atom is -0.542 e. The van der Waals surface area contributed by atoms with Crippen LogP contribution in [0.1, 0.15) is 12.8 Å². The smallest absolute Gasteiger partial charge is 0.182 e. The van der Waals surface area contributed by atoms with E-state index in [9.17, 15) is 14.7 Å². The summed E-state index contributed by atoms with van der Waals surface area (Å²) < 4.78 is 0. The first kappa shape index (κ1) is 9.67. The van der Waals surface area contributed by atoms with Gasteiger partial charge in [-0.1, -0.05) is 18.2 Å². The average Bonchev–Trinajstić information content (AvgIpc) is 2.08. The Morgan fingerprint density at radius 1 is 1.62 bits per heavy atom. The molecule has 0 aliphatic heterocycles. The van der Waals surface area contributed by atoms with Gasteiger partial charge in [0.2, 0.25) is 0 Å². The van der Waals surface area contributed by atoms with Crippen LogP contribution in [0.25, 0.3) is 0 Å². The van der Waals surface area contributed by atoms with Gasteiger partial charge in [-0.25, -0.2) is 0 Å². The van der Waals surface area contributed by atoms with Gasteiger partial charge in [-0.15, -0.1) is 0 Å². The highest BCUT2D eigenvalue weighted by atomic mass is 16.4. The SMILES string of the molecule is O=C([O-])C(=O)CC1=CC[C@@H](O)C=C1. The molecule has 0 saturated heterocycles. The number of carbonyl (C=O) groups excluding carboxylic acids is 2. The topological polar surface area (TPSA) is 77.4 Å². The molecule has 0 heterocycles. The van der Waals surface area contributed by atoms with Crippen LogP contribution in [0.5, 0.6) is 0 Å². The Bertz CT molecular complexity index is 288. The number of rotatable bonds is 3. The third-order valence-corrected chi connectivity index (χ3v) is 1.75. The van der Waals surface area contributed by atoms with E-state index in [1.165, 1.54) is 6.08 Å². The van der Waals surface area contributed by atoms with Crippen LogP contribution in [0.3, 0.4) is 0 Å². The molecule has 0 bridgehead atoms. The van der Waals surface area contributed by atoms with Crippen LogP contribution in [-0.2, 0) is 9.59 Å². The van der Waals surface area contributed by atoms with Gasteiger partial charge in [0.1, 0.15) is 5.97 Å². The zero-order valence-electron chi connectivity index (χ0n) is 6.90. The second-order valence-electron chi connectivity index (χ2n) is 2.83. The minimum atomic E-state index is -1.67. The number of carboxylic acids is 1. The van der Waals surface area contributed by atoms with Gasteiger partial charge in [-0.2, -0.15) is 0 Å². The number of aliphatic hydroxyl groups excluding tert-OH is 1. The molecule has 4 nitrogen and oxygen atoms in total. The molecular formula is C9H9O4-. The molecule has 4 heteroatoms. The van der Waals surface area contributed by atoms with Gasteiger partial charge in [0.05, 0.1) is 6.10 Å². The zero-order chi connectivity index (χ0) is 9.84. The summed E-state index contributed by atoms with van der Waals surface area (Å²) in [5, 5.41) is 19.1. The number of ketones is 1. The molecule has 70 valence electrons. The number of hydrogen-bond donors (Lipinski definition) is 1. The second-order valence-corrected chi connectivity index (χ2v) is 2.83. The van der Waals surface area contributed by atoms with Crippen molar-refractivity contribution in [1.82, 2.24) is 0 Å². The van der Waals surface area contributed by atoms with Crippen molar-refractivity contribution in [3.05, 3.63) is 23.8 Å². The Hall–Kier alpha value is -1.42. The molecule has 1 aliphatic carbocycles. The number of hydrogen-bond acceptors (Lipinski definition) is 4. The highest BCUT2D eigenvalue weighted by Crippen LogP contribution is 2.13. The third-order valence-electron chi connectivity index (χ3n) is 1.75. The number of aliphatic carboxylic acids is 1. The van der Waals surface area contributed by atoms with Crippen molar-refractivity contribution in [2.24, 2.45) is 0 Å². The summed E-state index contributed by atoms with van der Waals surface area (Å²) in [6, 6.07) is 0. The largest absolute Gasteiger partial charge is 0.542 e. The Labute approximate surface area is 75.2 Å². The van der Waals surface area contributed by atoms with Crippen molar-refractivity contribution in [3.63, 3.8) is 0 Å². The Balaban J connectivity index is 2.52. The molecule has 0 spiro atoms. The van der Waals surface area contributed by atoms with E-state index in [1.807, 2.05) is 0 Å². The van der Waals surface area contributed by atoms with Crippen molar-refractivity contribution in [3.8, 4) is 0 Å². The number of Topliss-reactive ketones (excluding diaryl/α,β-unsaturated/α-hetero) is 1. The average molecular weight is 181 g/mol. The van der Waals surface area contributed by atoms with E-state index in [-0.39, 0.29) is 6.42 Å². The van der Waals surface area contributed by atoms with Crippen molar-refractivity contribution in [1.29, 1.82) is 0 Å². The molecule has 0 unspecified atom stereocenters. The van der Waals surface area contributed by atoms with Gasteiger partial charge in [0.25, 0.3) is 0 Å². The quantitative estimate of drug-likeness (QED) is 0.563. The molecular weight excluding hydrogens is 172 g/mol. The molecule has 0 aromatic heterocycles. The first-order valence-electron chi connectivity index (χ1n) is 3.89. The van der Waals surface area contributed by atoms with E-state index in [0.717, 1.165) is 0 Å². The van der Waals surface area contributed by atoms with E-state index in [1.54, 1.807) is 12.2 Å². The van der Waals surface area contributed by atoms with Gasteiger partial charge in [0.15, 0.2) is 5.78 Å². The number of allylic oxidation sites excluding steroid dienone is 2. The lowest BCUT2D eigenvalue weighted by Crippen LogP contribution is -2.31. The minimum absolute atomic E-state index is 0.161. The van der Waals surface area contributed by atoms with Crippen molar-refractivity contribution in [2.45, 2.75) is 18.9 Å². The Morgan fingerprint density at radius 3 is 2.77 bits per heavy atom. The summed E-state index contributed by atoms with van der Waals surface area (Å²) in [5.41, 5.74) is 0.611. The van der Waals surface area contributed by atoms with E-state index >= 15 is 0 Å². The maximum absolute atomic E-state index is 10.7. The summed E-state index contributed by atoms with van der Waals surface area (Å²) in [5.74, 6) is -2.60. The van der Waals surface area contributed by atoms with Crippen LogP contribution in [0.4, 0.5) is 0 Å². The molecule has 0 fully saturated rings. The van der Waals surface area contributed by atoms with Crippen molar-refractivity contribution in [2.75, 3.05) is 0 Å². The van der Waals surface area contributed by atoms with Crippen LogP contribution in [-0.4, -0.2) is 23.0 Å². The first-order chi connectivity index (χ1) is 6.09. The summed E-state index contributed by atoms with van der Waals surface area (Å²) in [6.45, 7) is 0. The normalized spacial score (nSPS) is 21.0. The molecule has 1 N–H and O–H groups in total. The molecule has 1 atom stereocenters. The van der Waals surface area contributed by atoms with E-state index in [2.05, 4.69) is 0 Å². The number of carboxylic acid groups (broad SMARTS) is 1. The molecule has 1 rings (SSSR count). The maximum Gasteiger partial charge on any atom is 0.182 e. The third kappa shape index (κ3) is 2.83. The van der Waals surface area contributed by atoms with Gasteiger partial charge >= 0.3 is 0 Å². The monoisotopic (exact) mass is 181 g/mol. The highest BCUT2D eigenvalue weighted by molar-refractivity contribution is 6.32. The van der Waals surface area contributed by atoms with E-state index in [0.29, 0.717) is 12.0 Å². The van der Waals surface area contributed by atoms with Crippen LogP contribution < -0.4 is 5.11 Å². The predicted octanol–water partition coefficient (Wildman–Crippen LogP) is -1.06. The van der Waals surface area contributed by atoms with Crippen molar-refractivity contribution < 1.29 is 19.8 Å². The molecule has 0 radical (unpaired) electrons. The number of carbonyl (C=O) groups is 2. The molecule has 13 heavy (non-hydrogen) atoms. The summed E-state index contributed by atoms with van der Waals surface area (Å²) in [6.07, 6.45) is 4.46. The fourth-order valence-electron chi connectivity index (χ4n) is 1.04. The van der Waals surface area contributed by atoms with Crippen LogP contribution in [0, 0.1) is 0 Å². The van der Waals surface area contributed by atoms with Crippen LogP contribution >= 0.6 is 0 Å². The highest BCUT2D eigenvalue weighted by Gasteiger charge is 2.09. The lowest BCUT2D eigenvalue weighted by Gasteiger charge is -2.10. The molecule has 1 aliphatic rings. The molecule has 0 aromatic rings. The first-order valence-corrected chi connectivity index (χ1v) is 3.89. The summed E-state index contributed by atoms with van der Waals surface area (Å²) >= 11 is 0. The zero-order valence-corrected chi connectivity index (χ0v) is 6.90. The summed E-state index contributed by atoms with van der Waals surface area (Å²) in [7, 11) is 0. The lowest BCUT2D eigenvalue weighted by molar-refractivity contribution is -0.299. The fraction of sp³-hybridized carbons (Fsp3) is 0.333. The standard InChI is InChI=1S/C9H10O4/c10-7-3-1-6(2-4-7)5-8(11)9(12)13/h1-3,7,10H,4-5H2,(H,12,13)/p-1/t7-/m0/s1. The second kappa shape index (κ2) is 4.00. The predicted molar refractivity (Wildman–Crippen MR) is 42.5 cm³/mol. The van der Waals surface area contributed by atoms with Gasteiger partial charge in [-0.3, -0.25) is 4.79 Å². The molecule has 0 aromatic carbocycles. The molecule has 0 saturated carbocycles. The lowest BCUT2D eigenvalue weighted by atomic mass is 10.0. The van der Waals surface area contributed by atoms with E-state index in [4.69, 9.17) is 5.11 Å². The van der Waals surface area contributed by atoms with Gasteiger partial charge < -0.3 is 15.0 Å². The maximum atomic E-state index is 10.7. The van der Waals surface area contributed by atoms with Crippen LogP contribution in [0.2, 0.25) is 0 Å². The Kier molecular flexibility index (Phi) is 2.97. The summed E-state index contributed by atoms with van der Waals surface area (Å²) in [4.78, 5) is 20.8. The number of aliphatic hydroxyl groups is 1. The van der Waals surface area contributed by atoms with Crippen LogP contribution in [0.15, 0.2) is 23.8 Å². The van der Waals surface area contributed by atoms with Gasteiger partial charge in [-0.05, 0) is 12.0 Å². The fourth-order valence-corrected chi connectivity index (χ4v) is 1.04.